The maximum absolute atomic E-state index is 5.97. The molecule has 0 bridgehead atoms. The second-order valence-electron chi connectivity index (χ2n) is 4.64. The third kappa shape index (κ3) is 2.33. The molecule has 21 heavy (non-hydrogen) atoms. The standard InChI is InChI=1S/C16H15N3O2/c1-10-13(4-3-9-18-10)15-14(16(17)19-21-15)11-5-7-12(20-2)8-6-11/h3-9H,1-2H3,(H2,17,19). The largest absolute Gasteiger partial charge is 0.497 e. The predicted octanol–water partition coefficient (Wildman–Crippen LogP) is 3.30. The molecule has 2 aromatic heterocycles. The average Bonchev–Trinajstić information content (AvgIpc) is 2.89. The van der Waals surface area contributed by atoms with Crippen molar-refractivity contribution in [3.05, 3.63) is 48.3 Å². The van der Waals surface area contributed by atoms with Crippen LogP contribution in [0.25, 0.3) is 22.5 Å². The topological polar surface area (TPSA) is 74.2 Å². The van der Waals surface area contributed by atoms with Crippen molar-refractivity contribution >= 4 is 5.82 Å². The maximum atomic E-state index is 5.97. The molecule has 0 radical (unpaired) electrons. The van der Waals surface area contributed by atoms with E-state index in [4.69, 9.17) is 15.0 Å². The predicted molar refractivity (Wildman–Crippen MR) is 80.9 cm³/mol. The first-order valence-corrected chi connectivity index (χ1v) is 6.52. The third-order valence-electron chi connectivity index (χ3n) is 3.35. The van der Waals surface area contributed by atoms with E-state index in [-0.39, 0.29) is 0 Å². The number of benzene rings is 1. The van der Waals surface area contributed by atoms with Crippen LogP contribution in [0, 0.1) is 6.92 Å². The molecule has 0 unspecified atom stereocenters. The lowest BCUT2D eigenvalue weighted by molar-refractivity contribution is 0.415. The first kappa shape index (κ1) is 13.2. The molecule has 5 heteroatoms. The molecule has 0 amide bonds. The molecule has 2 N–H and O–H groups in total. The Kier molecular flexibility index (Phi) is 3.31. The van der Waals surface area contributed by atoms with Crippen molar-refractivity contribution in [2.45, 2.75) is 6.92 Å². The molecule has 0 aliphatic rings. The Hall–Kier alpha value is -2.82. The van der Waals surface area contributed by atoms with E-state index in [9.17, 15) is 0 Å². The molecular formula is C16H15N3O2. The minimum absolute atomic E-state index is 0.360. The number of methoxy groups -OCH3 is 1. The first-order chi connectivity index (χ1) is 10.2. The average molecular weight is 281 g/mol. The Morgan fingerprint density at radius 2 is 1.90 bits per heavy atom. The fourth-order valence-electron chi connectivity index (χ4n) is 2.25. The van der Waals surface area contributed by atoms with Gasteiger partial charge in [0.1, 0.15) is 5.75 Å². The second kappa shape index (κ2) is 5.28. The Balaban J connectivity index is 2.15. The van der Waals surface area contributed by atoms with Gasteiger partial charge in [0.2, 0.25) is 0 Å². The van der Waals surface area contributed by atoms with Crippen molar-refractivity contribution in [2.24, 2.45) is 0 Å². The van der Waals surface area contributed by atoms with E-state index in [2.05, 4.69) is 10.1 Å². The van der Waals surface area contributed by atoms with E-state index in [1.807, 2.05) is 43.3 Å². The molecule has 0 fully saturated rings. The summed E-state index contributed by atoms with van der Waals surface area (Å²) in [7, 11) is 1.63. The van der Waals surface area contributed by atoms with Gasteiger partial charge in [-0.05, 0) is 36.8 Å². The van der Waals surface area contributed by atoms with E-state index in [0.29, 0.717) is 11.6 Å². The van der Waals surface area contributed by atoms with Gasteiger partial charge in [-0.25, -0.2) is 0 Å². The van der Waals surface area contributed by atoms with Crippen molar-refractivity contribution in [3.63, 3.8) is 0 Å². The Morgan fingerprint density at radius 3 is 2.57 bits per heavy atom. The Labute approximate surface area is 122 Å². The van der Waals surface area contributed by atoms with Crippen LogP contribution >= 0.6 is 0 Å². The molecule has 106 valence electrons. The van der Waals surface area contributed by atoms with Crippen LogP contribution in [-0.2, 0) is 0 Å². The van der Waals surface area contributed by atoms with Gasteiger partial charge in [-0.1, -0.05) is 17.3 Å². The summed E-state index contributed by atoms with van der Waals surface area (Å²) in [5.41, 5.74) is 9.42. The number of nitrogens with two attached hydrogens (primary N) is 1. The molecule has 5 nitrogen and oxygen atoms in total. The van der Waals surface area contributed by atoms with E-state index in [1.54, 1.807) is 13.3 Å². The normalized spacial score (nSPS) is 10.6. The van der Waals surface area contributed by atoms with Crippen LogP contribution in [0.2, 0.25) is 0 Å². The lowest BCUT2D eigenvalue weighted by Crippen LogP contribution is -1.91. The lowest BCUT2D eigenvalue weighted by Gasteiger charge is -2.06. The SMILES string of the molecule is COc1ccc(-c2c(N)noc2-c2cccnc2C)cc1. The number of pyridine rings is 1. The molecule has 0 saturated carbocycles. The number of nitrogen functional groups attached to an aromatic ring is 1. The number of aromatic nitrogens is 2. The van der Waals surface area contributed by atoms with Gasteiger partial charge >= 0.3 is 0 Å². The number of hydrogen-bond acceptors (Lipinski definition) is 5. The fourth-order valence-corrected chi connectivity index (χ4v) is 2.25. The van der Waals surface area contributed by atoms with E-state index >= 15 is 0 Å². The first-order valence-electron chi connectivity index (χ1n) is 6.52. The summed E-state index contributed by atoms with van der Waals surface area (Å²) in [5.74, 6) is 1.77. The minimum Gasteiger partial charge on any atom is -0.497 e. The van der Waals surface area contributed by atoms with Crippen LogP contribution in [0.3, 0.4) is 0 Å². The van der Waals surface area contributed by atoms with Crippen LogP contribution in [-0.4, -0.2) is 17.3 Å². The van der Waals surface area contributed by atoms with Crippen molar-refractivity contribution in [3.8, 4) is 28.2 Å². The van der Waals surface area contributed by atoms with Gasteiger partial charge in [0.25, 0.3) is 0 Å². The summed E-state index contributed by atoms with van der Waals surface area (Å²) in [6, 6.07) is 11.4. The quantitative estimate of drug-likeness (QED) is 0.797. The van der Waals surface area contributed by atoms with Gasteiger partial charge in [-0.15, -0.1) is 0 Å². The Morgan fingerprint density at radius 1 is 1.14 bits per heavy atom. The lowest BCUT2D eigenvalue weighted by atomic mass is 10.0. The number of ether oxygens (including phenoxy) is 1. The molecule has 3 aromatic rings. The zero-order valence-electron chi connectivity index (χ0n) is 11.8. The number of aryl methyl sites for hydroxylation is 1. The smallest absolute Gasteiger partial charge is 0.178 e. The monoisotopic (exact) mass is 281 g/mol. The number of rotatable bonds is 3. The van der Waals surface area contributed by atoms with E-state index < -0.39 is 0 Å². The summed E-state index contributed by atoms with van der Waals surface area (Å²) >= 11 is 0. The van der Waals surface area contributed by atoms with E-state index in [1.165, 1.54) is 0 Å². The molecule has 3 rings (SSSR count). The van der Waals surface area contributed by atoms with Crippen molar-refractivity contribution in [1.29, 1.82) is 0 Å². The number of hydrogen-bond donors (Lipinski definition) is 1. The number of anilines is 1. The highest BCUT2D eigenvalue weighted by atomic mass is 16.5. The van der Waals surface area contributed by atoms with E-state index in [0.717, 1.165) is 28.1 Å². The molecule has 0 aliphatic heterocycles. The molecule has 0 atom stereocenters. The molecule has 0 spiro atoms. The molecule has 0 aliphatic carbocycles. The molecule has 2 heterocycles. The second-order valence-corrected chi connectivity index (χ2v) is 4.64. The van der Waals surface area contributed by atoms with Gasteiger partial charge in [0.15, 0.2) is 11.6 Å². The van der Waals surface area contributed by atoms with Gasteiger partial charge < -0.3 is 15.0 Å². The third-order valence-corrected chi connectivity index (χ3v) is 3.35. The van der Waals surface area contributed by atoms with Crippen molar-refractivity contribution in [1.82, 2.24) is 10.1 Å². The van der Waals surface area contributed by atoms with Crippen LogP contribution < -0.4 is 10.5 Å². The van der Waals surface area contributed by atoms with Gasteiger partial charge in [0.05, 0.1) is 12.7 Å². The van der Waals surface area contributed by atoms with Crippen molar-refractivity contribution < 1.29 is 9.26 Å². The summed E-state index contributed by atoms with van der Waals surface area (Å²) in [4.78, 5) is 4.28. The zero-order chi connectivity index (χ0) is 14.8. The molecule has 0 saturated heterocycles. The molecular weight excluding hydrogens is 266 g/mol. The highest BCUT2D eigenvalue weighted by Gasteiger charge is 2.19. The highest BCUT2D eigenvalue weighted by molar-refractivity contribution is 5.87. The molecule has 1 aromatic carbocycles. The van der Waals surface area contributed by atoms with Crippen LogP contribution in [0.15, 0.2) is 47.1 Å². The van der Waals surface area contributed by atoms with Crippen LogP contribution in [0.4, 0.5) is 5.82 Å². The highest BCUT2D eigenvalue weighted by Crippen LogP contribution is 2.37. The summed E-state index contributed by atoms with van der Waals surface area (Å²) < 4.78 is 10.6. The van der Waals surface area contributed by atoms with Crippen LogP contribution in [0.5, 0.6) is 5.75 Å². The summed E-state index contributed by atoms with van der Waals surface area (Å²) in [5, 5.41) is 3.90. The number of nitrogens with zero attached hydrogens (tertiary/aromatic N) is 2. The Bertz CT molecular complexity index is 763. The fraction of sp³-hybridized carbons (Fsp3) is 0.125. The summed E-state index contributed by atoms with van der Waals surface area (Å²) in [6.45, 7) is 1.92. The van der Waals surface area contributed by atoms with Crippen molar-refractivity contribution in [2.75, 3.05) is 12.8 Å². The zero-order valence-corrected chi connectivity index (χ0v) is 11.8. The minimum atomic E-state index is 0.360. The van der Waals surface area contributed by atoms with Gasteiger partial charge in [-0.2, -0.15) is 0 Å². The van der Waals surface area contributed by atoms with Gasteiger partial charge in [0, 0.05) is 17.5 Å². The van der Waals surface area contributed by atoms with Crippen LogP contribution in [0.1, 0.15) is 5.69 Å². The summed E-state index contributed by atoms with van der Waals surface area (Å²) in [6.07, 6.45) is 1.74. The maximum Gasteiger partial charge on any atom is 0.178 e. The van der Waals surface area contributed by atoms with Gasteiger partial charge in [-0.3, -0.25) is 4.98 Å².